The van der Waals surface area contributed by atoms with Gasteiger partial charge in [0.2, 0.25) is 0 Å². The normalized spacial score (nSPS) is 10.6. The average molecular weight is 257 g/mol. The summed E-state index contributed by atoms with van der Waals surface area (Å²) in [5.41, 5.74) is 1.71. The van der Waals surface area contributed by atoms with Crippen molar-refractivity contribution >= 4 is 17.1 Å². The number of benzene rings is 1. The Morgan fingerprint density at radius 1 is 1.21 bits per heavy atom. The maximum absolute atomic E-state index is 12.0. The minimum atomic E-state index is -0.490. The minimum Gasteiger partial charge on any atom is -0.493 e. The maximum atomic E-state index is 12.0. The van der Waals surface area contributed by atoms with Crippen LogP contribution in [0.4, 0.5) is 0 Å². The number of hydrogen-bond donors (Lipinski definition) is 1. The number of aromatic nitrogens is 1. The monoisotopic (exact) mass is 257 g/mol. The lowest BCUT2D eigenvalue weighted by Gasteiger charge is -2.07. The number of fused-ring (bicyclic) bond motifs is 1. The molecular formula is C14H11NO4. The first-order valence-electron chi connectivity index (χ1n) is 5.69. The van der Waals surface area contributed by atoms with Crippen molar-refractivity contribution in [3.8, 4) is 11.5 Å². The van der Waals surface area contributed by atoms with Crippen LogP contribution < -0.4 is 9.47 Å². The van der Waals surface area contributed by atoms with Gasteiger partial charge in [-0.05, 0) is 12.1 Å². The molecule has 0 aliphatic rings. The topological polar surface area (TPSA) is 64.5 Å². The lowest BCUT2D eigenvalue weighted by molar-refractivity contribution is 0.0724. The second kappa shape index (κ2) is 4.53. The van der Waals surface area contributed by atoms with Crippen LogP contribution in [0.2, 0.25) is 0 Å². The molecule has 0 saturated heterocycles. The number of H-pyrrole nitrogens is 1. The second-order valence-corrected chi connectivity index (χ2v) is 3.92. The van der Waals surface area contributed by atoms with Crippen molar-refractivity contribution in [2.75, 3.05) is 7.11 Å². The Labute approximate surface area is 108 Å². The third kappa shape index (κ3) is 2.06. The van der Waals surface area contributed by atoms with Crippen LogP contribution >= 0.6 is 0 Å². The number of para-hydroxylation sites is 2. The molecule has 0 saturated carbocycles. The maximum Gasteiger partial charge on any atom is 0.360 e. The highest BCUT2D eigenvalue weighted by Crippen LogP contribution is 2.27. The average Bonchev–Trinajstić information content (AvgIpc) is 3.00. The smallest absolute Gasteiger partial charge is 0.360 e. The highest BCUT2D eigenvalue weighted by atomic mass is 16.6. The van der Waals surface area contributed by atoms with Crippen LogP contribution in [0.5, 0.6) is 11.5 Å². The van der Waals surface area contributed by atoms with E-state index in [2.05, 4.69) is 4.98 Å². The summed E-state index contributed by atoms with van der Waals surface area (Å²) in [5.74, 6) is 0.392. The number of esters is 1. The molecule has 0 aliphatic carbocycles. The van der Waals surface area contributed by atoms with E-state index < -0.39 is 5.97 Å². The molecule has 0 radical (unpaired) electrons. The second-order valence-electron chi connectivity index (χ2n) is 3.92. The van der Waals surface area contributed by atoms with E-state index in [1.165, 1.54) is 7.11 Å². The van der Waals surface area contributed by atoms with Gasteiger partial charge in [-0.15, -0.1) is 0 Å². The Hall–Kier alpha value is -2.69. The number of methoxy groups -OCH3 is 1. The quantitative estimate of drug-likeness (QED) is 0.578. The molecule has 0 atom stereocenters. The molecule has 0 bridgehead atoms. The molecule has 0 fully saturated rings. The van der Waals surface area contributed by atoms with Crippen LogP contribution in [0.25, 0.3) is 11.1 Å². The largest absolute Gasteiger partial charge is 0.493 e. The summed E-state index contributed by atoms with van der Waals surface area (Å²) in [4.78, 5) is 14.9. The highest BCUT2D eigenvalue weighted by Gasteiger charge is 2.15. The summed E-state index contributed by atoms with van der Waals surface area (Å²) in [6.07, 6.45) is 1.55. The lowest BCUT2D eigenvalue weighted by Crippen LogP contribution is -2.09. The highest BCUT2D eigenvalue weighted by molar-refractivity contribution is 5.94. The Balaban J connectivity index is 1.86. The van der Waals surface area contributed by atoms with Crippen LogP contribution in [0.1, 0.15) is 10.5 Å². The van der Waals surface area contributed by atoms with Crippen molar-refractivity contribution in [3.63, 3.8) is 0 Å². The molecule has 3 rings (SSSR count). The number of hydrogen-bond acceptors (Lipinski definition) is 4. The van der Waals surface area contributed by atoms with Crippen molar-refractivity contribution in [1.82, 2.24) is 4.98 Å². The van der Waals surface area contributed by atoms with Crippen LogP contribution in [0.3, 0.4) is 0 Å². The van der Waals surface area contributed by atoms with Gasteiger partial charge in [-0.2, -0.15) is 0 Å². The number of furan rings is 1. The molecule has 0 aliphatic heterocycles. The van der Waals surface area contributed by atoms with Gasteiger partial charge < -0.3 is 18.9 Å². The molecule has 2 heterocycles. The predicted molar refractivity (Wildman–Crippen MR) is 68.5 cm³/mol. The molecule has 19 heavy (non-hydrogen) atoms. The van der Waals surface area contributed by atoms with Gasteiger partial charge in [0.05, 0.1) is 18.9 Å². The fourth-order valence-electron chi connectivity index (χ4n) is 1.82. The van der Waals surface area contributed by atoms with Gasteiger partial charge in [0.25, 0.3) is 0 Å². The van der Waals surface area contributed by atoms with Gasteiger partial charge in [0, 0.05) is 12.1 Å². The first kappa shape index (κ1) is 11.4. The van der Waals surface area contributed by atoms with E-state index in [-0.39, 0.29) is 0 Å². The molecule has 5 heteroatoms. The van der Waals surface area contributed by atoms with Crippen LogP contribution in [0.15, 0.2) is 47.1 Å². The SMILES string of the molecule is COc1ccccc1OC(=O)c1cc2occc2[nH]1. The molecule has 96 valence electrons. The minimum absolute atomic E-state index is 0.334. The fraction of sp³-hybridized carbons (Fsp3) is 0.0714. The Kier molecular flexibility index (Phi) is 2.72. The molecular weight excluding hydrogens is 246 g/mol. The van der Waals surface area contributed by atoms with Gasteiger partial charge in [-0.25, -0.2) is 4.79 Å². The van der Waals surface area contributed by atoms with E-state index >= 15 is 0 Å². The number of carbonyl (C=O) groups is 1. The summed E-state index contributed by atoms with van der Waals surface area (Å²) in [6, 6.07) is 10.3. The molecule has 1 aromatic carbocycles. The number of nitrogens with one attached hydrogen (secondary N) is 1. The standard InChI is InChI=1S/C14H11NO4/c1-17-11-4-2-3-5-12(11)19-14(16)10-8-13-9(15-10)6-7-18-13/h2-8,15H,1H3. The zero-order valence-corrected chi connectivity index (χ0v) is 10.2. The molecule has 1 N–H and O–H groups in total. The van der Waals surface area contributed by atoms with Crippen molar-refractivity contribution < 1.29 is 18.7 Å². The Morgan fingerprint density at radius 2 is 2.00 bits per heavy atom. The summed E-state index contributed by atoms with van der Waals surface area (Å²) in [7, 11) is 1.52. The first-order valence-corrected chi connectivity index (χ1v) is 5.69. The number of ether oxygens (including phenoxy) is 2. The first-order chi connectivity index (χ1) is 9.28. The number of aromatic amines is 1. The van der Waals surface area contributed by atoms with E-state index in [4.69, 9.17) is 13.9 Å². The van der Waals surface area contributed by atoms with Crippen molar-refractivity contribution in [1.29, 1.82) is 0 Å². The van der Waals surface area contributed by atoms with E-state index in [0.717, 1.165) is 5.52 Å². The number of carbonyl (C=O) groups excluding carboxylic acids is 1. The van der Waals surface area contributed by atoms with E-state index in [1.54, 1.807) is 42.7 Å². The van der Waals surface area contributed by atoms with E-state index in [9.17, 15) is 4.79 Å². The summed E-state index contributed by atoms with van der Waals surface area (Å²) in [5, 5.41) is 0. The van der Waals surface area contributed by atoms with Gasteiger partial charge in [0.15, 0.2) is 17.1 Å². The molecule has 2 aromatic heterocycles. The predicted octanol–water partition coefficient (Wildman–Crippen LogP) is 2.99. The van der Waals surface area contributed by atoms with Crippen molar-refractivity contribution in [3.05, 3.63) is 48.4 Å². The fourth-order valence-corrected chi connectivity index (χ4v) is 1.82. The summed E-state index contributed by atoms with van der Waals surface area (Å²) in [6.45, 7) is 0. The van der Waals surface area contributed by atoms with Crippen molar-refractivity contribution in [2.24, 2.45) is 0 Å². The van der Waals surface area contributed by atoms with Gasteiger partial charge in [0.1, 0.15) is 5.69 Å². The molecule has 0 unspecified atom stereocenters. The van der Waals surface area contributed by atoms with Crippen molar-refractivity contribution in [2.45, 2.75) is 0 Å². The summed E-state index contributed by atoms with van der Waals surface area (Å²) >= 11 is 0. The molecule has 0 spiro atoms. The van der Waals surface area contributed by atoms with E-state index in [0.29, 0.717) is 22.8 Å². The summed E-state index contributed by atoms with van der Waals surface area (Å²) < 4.78 is 15.6. The van der Waals surface area contributed by atoms with Crippen LogP contribution in [0, 0.1) is 0 Å². The van der Waals surface area contributed by atoms with Gasteiger partial charge >= 0.3 is 5.97 Å². The molecule has 3 aromatic rings. The van der Waals surface area contributed by atoms with E-state index in [1.807, 2.05) is 0 Å². The Morgan fingerprint density at radius 3 is 2.74 bits per heavy atom. The number of rotatable bonds is 3. The zero-order chi connectivity index (χ0) is 13.2. The zero-order valence-electron chi connectivity index (χ0n) is 10.2. The molecule has 5 nitrogen and oxygen atoms in total. The third-order valence-electron chi connectivity index (χ3n) is 2.73. The van der Waals surface area contributed by atoms with Gasteiger partial charge in [-0.3, -0.25) is 0 Å². The van der Waals surface area contributed by atoms with Crippen LogP contribution in [-0.2, 0) is 0 Å². The molecule has 0 amide bonds. The van der Waals surface area contributed by atoms with Crippen LogP contribution in [-0.4, -0.2) is 18.1 Å². The lowest BCUT2D eigenvalue weighted by atomic mass is 10.3. The third-order valence-corrected chi connectivity index (χ3v) is 2.73. The van der Waals surface area contributed by atoms with Gasteiger partial charge in [-0.1, -0.05) is 12.1 Å². The Bertz CT molecular complexity index is 697.